The summed E-state index contributed by atoms with van der Waals surface area (Å²) in [5, 5.41) is 1.32. The van der Waals surface area contributed by atoms with Crippen molar-refractivity contribution in [1.29, 1.82) is 0 Å². The lowest BCUT2D eigenvalue weighted by atomic mass is 10.2. The fourth-order valence-electron chi connectivity index (χ4n) is 1.77. The van der Waals surface area contributed by atoms with Gasteiger partial charge in [-0.25, -0.2) is 4.98 Å². The van der Waals surface area contributed by atoms with Gasteiger partial charge in [-0.05, 0) is 23.6 Å². The van der Waals surface area contributed by atoms with Gasteiger partial charge in [-0.3, -0.25) is 0 Å². The fourth-order valence-corrected chi connectivity index (χ4v) is 2.77. The van der Waals surface area contributed by atoms with Crippen LogP contribution in [0.15, 0.2) is 55.1 Å². The molecule has 1 aromatic carbocycles. The average molecular weight is 240 g/mol. The molecule has 0 bridgehead atoms. The van der Waals surface area contributed by atoms with Gasteiger partial charge in [0.1, 0.15) is 0 Å². The number of nitrogens with zero attached hydrogens (tertiary/aromatic N) is 2. The molecule has 84 valence electrons. The van der Waals surface area contributed by atoms with Crippen LogP contribution in [0.2, 0.25) is 0 Å². The van der Waals surface area contributed by atoms with E-state index in [2.05, 4.69) is 47.5 Å². The van der Waals surface area contributed by atoms with Crippen LogP contribution in [-0.4, -0.2) is 9.55 Å². The van der Waals surface area contributed by atoms with E-state index in [1.165, 1.54) is 15.0 Å². The van der Waals surface area contributed by atoms with Gasteiger partial charge in [-0.15, -0.1) is 11.3 Å². The molecular formula is C14H12N2S. The van der Waals surface area contributed by atoms with E-state index in [-0.39, 0.29) is 0 Å². The monoisotopic (exact) mass is 240 g/mol. The van der Waals surface area contributed by atoms with Crippen LogP contribution < -0.4 is 0 Å². The zero-order valence-corrected chi connectivity index (χ0v) is 10.1. The molecule has 0 fully saturated rings. The van der Waals surface area contributed by atoms with Crippen molar-refractivity contribution in [1.82, 2.24) is 9.55 Å². The van der Waals surface area contributed by atoms with Crippen LogP contribution in [0.3, 0.4) is 0 Å². The minimum Gasteiger partial charge on any atom is -0.334 e. The lowest BCUT2D eigenvalue weighted by molar-refractivity contribution is 0.823. The van der Waals surface area contributed by atoms with E-state index in [1.807, 2.05) is 28.4 Å². The molecule has 0 N–H and O–H groups in total. The van der Waals surface area contributed by atoms with Crippen LogP contribution in [0.1, 0.15) is 4.88 Å². The number of imidazole rings is 1. The number of fused-ring (bicyclic) bond motifs is 1. The summed E-state index contributed by atoms with van der Waals surface area (Å²) in [5.41, 5.74) is 0. The summed E-state index contributed by atoms with van der Waals surface area (Å²) in [5.74, 6) is 0. The molecular weight excluding hydrogens is 228 g/mol. The van der Waals surface area contributed by atoms with Crippen LogP contribution in [0.5, 0.6) is 0 Å². The molecule has 0 spiro atoms. The normalized spacial score (nSPS) is 11.5. The Morgan fingerprint density at radius 2 is 2.24 bits per heavy atom. The van der Waals surface area contributed by atoms with Crippen LogP contribution in [0.25, 0.3) is 16.2 Å². The van der Waals surface area contributed by atoms with Gasteiger partial charge < -0.3 is 4.57 Å². The molecule has 0 aliphatic carbocycles. The Balaban J connectivity index is 1.78. The molecule has 2 heterocycles. The summed E-state index contributed by atoms with van der Waals surface area (Å²) < 4.78 is 3.39. The summed E-state index contributed by atoms with van der Waals surface area (Å²) in [4.78, 5) is 5.31. The standard InChI is InChI=1S/C14H12N2S/c1-2-6-14-12(4-1)10-13(17-14)5-3-8-16-9-7-15-11-16/h1-7,9-11H,8H2/b5-3+. The summed E-state index contributed by atoms with van der Waals surface area (Å²) >= 11 is 1.82. The lowest BCUT2D eigenvalue weighted by Crippen LogP contribution is -1.88. The minimum atomic E-state index is 0.869. The quantitative estimate of drug-likeness (QED) is 0.680. The van der Waals surface area contributed by atoms with E-state index in [4.69, 9.17) is 0 Å². The van der Waals surface area contributed by atoms with Gasteiger partial charge in [0, 0.05) is 28.5 Å². The maximum absolute atomic E-state index is 4.01. The van der Waals surface area contributed by atoms with Gasteiger partial charge in [0.2, 0.25) is 0 Å². The van der Waals surface area contributed by atoms with Crippen molar-refractivity contribution < 1.29 is 0 Å². The highest BCUT2D eigenvalue weighted by Crippen LogP contribution is 2.26. The highest BCUT2D eigenvalue weighted by Gasteiger charge is 1.96. The number of aromatic nitrogens is 2. The topological polar surface area (TPSA) is 17.8 Å². The van der Waals surface area contributed by atoms with Crippen molar-refractivity contribution in [3.63, 3.8) is 0 Å². The predicted molar refractivity (Wildman–Crippen MR) is 73.1 cm³/mol. The van der Waals surface area contributed by atoms with Gasteiger partial charge >= 0.3 is 0 Å². The number of hydrogen-bond donors (Lipinski definition) is 0. The maximum Gasteiger partial charge on any atom is 0.0948 e. The second-order valence-electron chi connectivity index (χ2n) is 3.85. The number of benzene rings is 1. The molecule has 3 aromatic rings. The molecule has 0 saturated heterocycles. The smallest absolute Gasteiger partial charge is 0.0948 e. The van der Waals surface area contributed by atoms with Crippen LogP contribution in [-0.2, 0) is 6.54 Å². The second-order valence-corrected chi connectivity index (χ2v) is 4.96. The minimum absolute atomic E-state index is 0.869. The molecule has 2 nitrogen and oxygen atoms in total. The van der Waals surface area contributed by atoms with E-state index < -0.39 is 0 Å². The van der Waals surface area contributed by atoms with E-state index >= 15 is 0 Å². The van der Waals surface area contributed by atoms with Crippen molar-refractivity contribution in [3.05, 3.63) is 60.0 Å². The van der Waals surface area contributed by atoms with Crippen molar-refractivity contribution in [2.24, 2.45) is 0 Å². The summed E-state index contributed by atoms with van der Waals surface area (Å²) in [6.45, 7) is 0.869. The predicted octanol–water partition coefficient (Wildman–Crippen LogP) is 3.81. The third-order valence-corrected chi connectivity index (χ3v) is 3.68. The third-order valence-electron chi connectivity index (χ3n) is 2.60. The van der Waals surface area contributed by atoms with E-state index in [1.54, 1.807) is 6.20 Å². The molecule has 3 heteroatoms. The first kappa shape index (κ1) is 10.3. The van der Waals surface area contributed by atoms with Crippen LogP contribution >= 0.6 is 11.3 Å². The first-order valence-electron chi connectivity index (χ1n) is 5.53. The molecule has 0 aliphatic heterocycles. The highest BCUT2D eigenvalue weighted by atomic mass is 32.1. The molecule has 0 saturated carbocycles. The van der Waals surface area contributed by atoms with Crippen molar-refractivity contribution >= 4 is 27.5 Å². The van der Waals surface area contributed by atoms with Gasteiger partial charge in [-0.2, -0.15) is 0 Å². The van der Waals surface area contributed by atoms with E-state index in [0.717, 1.165) is 6.54 Å². The van der Waals surface area contributed by atoms with E-state index in [0.29, 0.717) is 0 Å². The Morgan fingerprint density at radius 1 is 1.29 bits per heavy atom. The molecule has 2 aromatic heterocycles. The number of thiophene rings is 1. The zero-order chi connectivity index (χ0) is 11.5. The Kier molecular flexibility index (Phi) is 2.76. The first-order valence-corrected chi connectivity index (χ1v) is 6.34. The number of rotatable bonds is 3. The summed E-state index contributed by atoms with van der Waals surface area (Å²) in [6, 6.07) is 10.7. The maximum atomic E-state index is 4.01. The van der Waals surface area contributed by atoms with Gasteiger partial charge in [0.15, 0.2) is 0 Å². The Labute approximate surface area is 104 Å². The second kappa shape index (κ2) is 4.55. The van der Waals surface area contributed by atoms with Crippen LogP contribution in [0, 0.1) is 0 Å². The molecule has 0 atom stereocenters. The Hall–Kier alpha value is -1.87. The largest absolute Gasteiger partial charge is 0.334 e. The molecule has 0 amide bonds. The lowest BCUT2D eigenvalue weighted by Gasteiger charge is -1.92. The van der Waals surface area contributed by atoms with Crippen LogP contribution in [0.4, 0.5) is 0 Å². The SMILES string of the molecule is C(=C\c1cc2ccccc2s1)/Cn1ccnc1. The van der Waals surface area contributed by atoms with Gasteiger partial charge in [0.05, 0.1) is 6.33 Å². The van der Waals surface area contributed by atoms with Gasteiger partial charge in [0.25, 0.3) is 0 Å². The fraction of sp³-hybridized carbons (Fsp3) is 0.0714. The molecule has 3 rings (SSSR count). The highest BCUT2D eigenvalue weighted by molar-refractivity contribution is 7.19. The first-order chi connectivity index (χ1) is 8.42. The molecule has 0 unspecified atom stereocenters. The number of allylic oxidation sites excluding steroid dienone is 1. The molecule has 0 aliphatic rings. The van der Waals surface area contributed by atoms with Crippen molar-refractivity contribution in [2.75, 3.05) is 0 Å². The zero-order valence-electron chi connectivity index (χ0n) is 9.28. The third kappa shape index (κ3) is 2.29. The molecule has 17 heavy (non-hydrogen) atoms. The van der Waals surface area contributed by atoms with E-state index in [9.17, 15) is 0 Å². The average Bonchev–Trinajstić information content (AvgIpc) is 2.96. The van der Waals surface area contributed by atoms with Crippen molar-refractivity contribution in [2.45, 2.75) is 6.54 Å². The Bertz CT molecular complexity index is 602. The van der Waals surface area contributed by atoms with Crippen molar-refractivity contribution in [3.8, 4) is 0 Å². The molecule has 0 radical (unpaired) electrons. The number of hydrogen-bond acceptors (Lipinski definition) is 2. The summed E-state index contributed by atoms with van der Waals surface area (Å²) in [7, 11) is 0. The Morgan fingerprint density at radius 3 is 3.06 bits per heavy atom. The summed E-state index contributed by atoms with van der Waals surface area (Å²) in [6.07, 6.45) is 9.93. The van der Waals surface area contributed by atoms with Gasteiger partial charge in [-0.1, -0.05) is 24.3 Å².